The van der Waals surface area contributed by atoms with Gasteiger partial charge in [-0.05, 0) is 43.5 Å². The summed E-state index contributed by atoms with van der Waals surface area (Å²) >= 11 is 1.40. The second-order valence-corrected chi connectivity index (χ2v) is 7.02. The maximum Gasteiger partial charge on any atom is 0.230 e. The Balaban J connectivity index is 1.56. The molecule has 5 nitrogen and oxygen atoms in total. The maximum atomic E-state index is 12.1. The first-order chi connectivity index (χ1) is 12.6. The molecule has 0 unspecified atom stereocenters. The van der Waals surface area contributed by atoms with E-state index in [9.17, 15) is 4.79 Å². The minimum atomic E-state index is 0.00220. The normalized spacial score (nSPS) is 10.7. The molecular weight excluding hydrogens is 344 g/mol. The second kappa shape index (κ2) is 8.67. The maximum absolute atomic E-state index is 12.1. The molecule has 0 spiro atoms. The fourth-order valence-electron chi connectivity index (χ4n) is 2.67. The number of aryl methyl sites for hydroxylation is 2. The lowest BCUT2D eigenvalue weighted by molar-refractivity contribution is -0.118. The summed E-state index contributed by atoms with van der Waals surface area (Å²) < 4.78 is 1.98. The van der Waals surface area contributed by atoms with Crippen LogP contribution in [0.4, 0.5) is 0 Å². The predicted molar refractivity (Wildman–Crippen MR) is 105 cm³/mol. The number of nitrogens with zero attached hydrogens (tertiary/aromatic N) is 3. The average molecular weight is 366 g/mol. The molecule has 134 valence electrons. The first-order valence-corrected chi connectivity index (χ1v) is 9.54. The Hall–Kier alpha value is -2.60. The number of benzene rings is 2. The molecule has 3 rings (SSSR count). The highest BCUT2D eigenvalue weighted by molar-refractivity contribution is 7.99. The van der Waals surface area contributed by atoms with E-state index in [-0.39, 0.29) is 5.91 Å². The first-order valence-electron chi connectivity index (χ1n) is 8.56. The van der Waals surface area contributed by atoms with Crippen molar-refractivity contribution in [1.82, 2.24) is 20.1 Å². The zero-order chi connectivity index (χ0) is 18.4. The number of rotatable bonds is 7. The first kappa shape index (κ1) is 18.2. The molecule has 0 aliphatic rings. The third-order valence-corrected chi connectivity index (χ3v) is 4.89. The monoisotopic (exact) mass is 366 g/mol. The molecule has 0 aliphatic carbocycles. The fraction of sp³-hybridized carbons (Fsp3) is 0.250. The van der Waals surface area contributed by atoms with Gasteiger partial charge in [0.05, 0.1) is 5.75 Å². The van der Waals surface area contributed by atoms with Gasteiger partial charge in [-0.25, -0.2) is 0 Å². The summed E-state index contributed by atoms with van der Waals surface area (Å²) in [6, 6.07) is 18.3. The number of nitrogens with one attached hydrogen (secondary N) is 1. The van der Waals surface area contributed by atoms with Crippen LogP contribution in [0.2, 0.25) is 0 Å². The van der Waals surface area contributed by atoms with E-state index in [2.05, 4.69) is 46.7 Å². The zero-order valence-corrected chi connectivity index (χ0v) is 15.8. The highest BCUT2D eigenvalue weighted by Crippen LogP contribution is 2.22. The minimum Gasteiger partial charge on any atom is -0.355 e. The molecule has 1 N–H and O–H groups in total. The van der Waals surface area contributed by atoms with E-state index in [0.717, 1.165) is 23.1 Å². The number of amides is 1. The lowest BCUT2D eigenvalue weighted by Crippen LogP contribution is -2.27. The van der Waals surface area contributed by atoms with Gasteiger partial charge in [0.2, 0.25) is 5.91 Å². The average Bonchev–Trinajstić information content (AvgIpc) is 3.01. The Morgan fingerprint density at radius 3 is 2.65 bits per heavy atom. The van der Waals surface area contributed by atoms with E-state index in [1.54, 1.807) is 0 Å². The molecule has 0 saturated carbocycles. The Bertz CT molecular complexity index is 877. The van der Waals surface area contributed by atoms with Crippen molar-refractivity contribution in [1.29, 1.82) is 0 Å². The summed E-state index contributed by atoms with van der Waals surface area (Å²) in [5.74, 6) is 1.13. The molecule has 0 bridgehead atoms. The van der Waals surface area contributed by atoms with Crippen LogP contribution in [0.1, 0.15) is 17.0 Å². The van der Waals surface area contributed by atoms with E-state index >= 15 is 0 Å². The van der Waals surface area contributed by atoms with Crippen molar-refractivity contribution in [3.8, 4) is 5.69 Å². The Morgan fingerprint density at radius 2 is 1.88 bits per heavy atom. The van der Waals surface area contributed by atoms with E-state index < -0.39 is 0 Å². The van der Waals surface area contributed by atoms with Gasteiger partial charge in [-0.2, -0.15) is 0 Å². The summed E-state index contributed by atoms with van der Waals surface area (Å²) in [6.45, 7) is 4.60. The van der Waals surface area contributed by atoms with Crippen LogP contribution in [0.25, 0.3) is 5.69 Å². The Morgan fingerprint density at radius 1 is 1.08 bits per heavy atom. The van der Waals surface area contributed by atoms with Gasteiger partial charge in [-0.1, -0.05) is 54.2 Å². The van der Waals surface area contributed by atoms with Crippen molar-refractivity contribution in [3.05, 3.63) is 71.5 Å². The van der Waals surface area contributed by atoms with Gasteiger partial charge in [0.15, 0.2) is 5.16 Å². The Labute approximate surface area is 157 Å². The van der Waals surface area contributed by atoms with Crippen LogP contribution in [0.3, 0.4) is 0 Å². The molecule has 0 atom stereocenters. The van der Waals surface area contributed by atoms with Gasteiger partial charge in [-0.3, -0.25) is 9.36 Å². The number of carbonyl (C=O) groups is 1. The molecule has 1 amide bonds. The zero-order valence-electron chi connectivity index (χ0n) is 15.0. The lowest BCUT2D eigenvalue weighted by Gasteiger charge is -2.09. The molecule has 3 aromatic rings. The van der Waals surface area contributed by atoms with Crippen molar-refractivity contribution < 1.29 is 4.79 Å². The number of hydrogen-bond acceptors (Lipinski definition) is 4. The molecule has 26 heavy (non-hydrogen) atoms. The van der Waals surface area contributed by atoms with E-state index in [4.69, 9.17) is 0 Å². The molecule has 6 heteroatoms. The summed E-state index contributed by atoms with van der Waals surface area (Å²) in [4.78, 5) is 12.1. The highest BCUT2D eigenvalue weighted by atomic mass is 32.2. The second-order valence-electron chi connectivity index (χ2n) is 6.08. The van der Waals surface area contributed by atoms with Crippen molar-refractivity contribution >= 4 is 17.7 Å². The van der Waals surface area contributed by atoms with Crippen molar-refractivity contribution in [2.24, 2.45) is 0 Å². The van der Waals surface area contributed by atoms with Crippen molar-refractivity contribution in [2.75, 3.05) is 12.3 Å². The van der Waals surface area contributed by atoms with Crippen LogP contribution in [0.5, 0.6) is 0 Å². The Kier molecular flexibility index (Phi) is 6.07. The predicted octanol–water partition coefficient (Wildman–Crippen LogP) is 3.34. The summed E-state index contributed by atoms with van der Waals surface area (Å²) in [5.41, 5.74) is 3.40. The van der Waals surface area contributed by atoms with E-state index in [1.165, 1.54) is 22.9 Å². The van der Waals surface area contributed by atoms with Gasteiger partial charge in [0, 0.05) is 12.2 Å². The minimum absolute atomic E-state index is 0.00220. The lowest BCUT2D eigenvalue weighted by atomic mass is 10.1. The van der Waals surface area contributed by atoms with Crippen LogP contribution < -0.4 is 5.32 Å². The molecular formula is C20H22N4OS. The van der Waals surface area contributed by atoms with Gasteiger partial charge in [0.25, 0.3) is 0 Å². The third kappa shape index (κ3) is 4.73. The van der Waals surface area contributed by atoms with E-state index in [1.807, 2.05) is 41.8 Å². The van der Waals surface area contributed by atoms with Crippen LogP contribution in [0.15, 0.2) is 59.8 Å². The van der Waals surface area contributed by atoms with Crippen LogP contribution in [-0.2, 0) is 11.2 Å². The summed E-state index contributed by atoms with van der Waals surface area (Å²) in [5, 5.41) is 12.1. The number of aromatic nitrogens is 3. The van der Waals surface area contributed by atoms with Gasteiger partial charge in [0.1, 0.15) is 5.82 Å². The fourth-order valence-corrected chi connectivity index (χ4v) is 3.50. The van der Waals surface area contributed by atoms with E-state index in [0.29, 0.717) is 12.3 Å². The quantitative estimate of drug-likeness (QED) is 0.652. The molecule has 0 aliphatic heterocycles. The van der Waals surface area contributed by atoms with Gasteiger partial charge >= 0.3 is 0 Å². The molecule has 2 aromatic carbocycles. The van der Waals surface area contributed by atoms with Crippen molar-refractivity contribution in [2.45, 2.75) is 25.4 Å². The standard InChI is InChI=1S/C20H22N4OS/c1-15-7-6-10-18(13-15)24-16(2)22-23-20(24)26-14-19(25)21-12-11-17-8-4-3-5-9-17/h3-10,13H,11-12,14H2,1-2H3,(H,21,25). The van der Waals surface area contributed by atoms with Crippen LogP contribution in [-0.4, -0.2) is 33.0 Å². The summed E-state index contributed by atoms with van der Waals surface area (Å²) in [6.07, 6.45) is 0.829. The molecule has 0 fully saturated rings. The number of thioether (sulfide) groups is 1. The van der Waals surface area contributed by atoms with Gasteiger partial charge < -0.3 is 5.32 Å². The van der Waals surface area contributed by atoms with Crippen LogP contribution >= 0.6 is 11.8 Å². The number of carbonyl (C=O) groups excluding carboxylic acids is 1. The molecule has 1 heterocycles. The van der Waals surface area contributed by atoms with Crippen molar-refractivity contribution in [3.63, 3.8) is 0 Å². The molecule has 0 radical (unpaired) electrons. The topological polar surface area (TPSA) is 59.8 Å². The molecule has 0 saturated heterocycles. The molecule has 1 aromatic heterocycles. The summed E-state index contributed by atoms with van der Waals surface area (Å²) in [7, 11) is 0. The highest BCUT2D eigenvalue weighted by Gasteiger charge is 2.13. The smallest absolute Gasteiger partial charge is 0.230 e. The number of hydrogen-bond donors (Lipinski definition) is 1. The van der Waals surface area contributed by atoms with Gasteiger partial charge in [-0.15, -0.1) is 10.2 Å². The van der Waals surface area contributed by atoms with Crippen LogP contribution in [0, 0.1) is 13.8 Å². The largest absolute Gasteiger partial charge is 0.355 e. The third-order valence-electron chi connectivity index (χ3n) is 3.97. The SMILES string of the molecule is Cc1cccc(-n2c(C)nnc2SCC(=O)NCCc2ccccc2)c1.